The highest BCUT2D eigenvalue weighted by Gasteiger charge is 2.35. The molecule has 0 radical (unpaired) electrons. The number of nitrogens with two attached hydrogens (primary N) is 2. The molecule has 7 N–H and O–H groups in total. The summed E-state index contributed by atoms with van der Waals surface area (Å²) in [5, 5.41) is 7.75. The summed E-state index contributed by atoms with van der Waals surface area (Å²) in [4.78, 5) is 39.0. The molecule has 0 aliphatic heterocycles. The maximum atomic E-state index is 14.5. The Bertz CT molecular complexity index is 1390. The number of aliphatic imine (C=N–C) groups is 1. The lowest BCUT2D eigenvalue weighted by atomic mass is 10.3. The van der Waals surface area contributed by atoms with Gasteiger partial charge >= 0.3 is 13.7 Å². The number of hydrogen-bond acceptors (Lipinski definition) is 8. The Morgan fingerprint density at radius 2 is 1.30 bits per heavy atom. The van der Waals surface area contributed by atoms with Gasteiger partial charge in [0.05, 0.1) is 18.0 Å². The quantitative estimate of drug-likeness (QED) is 0.136. The number of carbonyl (C=O) groups is 3. The number of guanidine groups is 1. The van der Waals surface area contributed by atoms with Gasteiger partial charge in [-0.05, 0) is 73.7 Å². The van der Waals surface area contributed by atoms with E-state index in [0.717, 1.165) is 0 Å². The van der Waals surface area contributed by atoms with Crippen LogP contribution < -0.4 is 41.8 Å². The molecule has 14 heteroatoms. The number of hydrogen-bond donors (Lipinski definition) is 5. The standard InChI is InChI=1S/C26H29N6O7P/c1-4-37-26(35)32-23-15-20(31-25(27)28)9-14-24(23)40(36,38-21-10-5-18(6-11-21)29-16(2)33)39-22-12-7-19(8-13-22)30-17(3)34/h5-15H,4H2,1-3H3,(H,29,33)(H,30,34)(H,32,35)(H4,27,28,31). The molecular weight excluding hydrogens is 539 g/mol. The molecule has 0 bridgehead atoms. The molecule has 3 rings (SSSR count). The summed E-state index contributed by atoms with van der Waals surface area (Å²) in [6, 6.07) is 16.4. The van der Waals surface area contributed by atoms with Gasteiger partial charge in [-0.25, -0.2) is 14.4 Å². The molecule has 0 fully saturated rings. The van der Waals surface area contributed by atoms with Crippen molar-refractivity contribution in [3.63, 3.8) is 0 Å². The second-order valence-electron chi connectivity index (χ2n) is 8.17. The molecule has 0 heterocycles. The van der Waals surface area contributed by atoms with Crippen molar-refractivity contribution >= 4 is 59.5 Å². The second-order valence-corrected chi connectivity index (χ2v) is 10.0. The smallest absolute Gasteiger partial charge is 0.450 e. The van der Waals surface area contributed by atoms with Gasteiger partial charge in [0.15, 0.2) is 5.96 Å². The minimum absolute atomic E-state index is 0.00835. The number of benzene rings is 3. The van der Waals surface area contributed by atoms with Crippen molar-refractivity contribution in [2.45, 2.75) is 20.8 Å². The Kier molecular flexibility index (Phi) is 9.71. The molecule has 0 aliphatic rings. The maximum Gasteiger partial charge on any atom is 0.464 e. The van der Waals surface area contributed by atoms with Crippen LogP contribution in [-0.4, -0.2) is 30.5 Å². The van der Waals surface area contributed by atoms with E-state index in [2.05, 4.69) is 20.9 Å². The highest BCUT2D eigenvalue weighted by molar-refractivity contribution is 7.63. The number of anilines is 3. The van der Waals surface area contributed by atoms with Gasteiger partial charge in [0.2, 0.25) is 11.8 Å². The van der Waals surface area contributed by atoms with Crippen molar-refractivity contribution in [1.82, 2.24) is 0 Å². The SMILES string of the molecule is CCOC(=O)Nc1cc(N=C(N)N)ccc1P(=O)(Oc1ccc(NC(C)=O)cc1)Oc1ccc(NC(C)=O)cc1. The number of nitrogens with one attached hydrogen (secondary N) is 3. The van der Waals surface area contributed by atoms with Crippen LogP contribution in [0.3, 0.4) is 0 Å². The Morgan fingerprint density at radius 3 is 1.73 bits per heavy atom. The zero-order valence-electron chi connectivity index (χ0n) is 22.0. The van der Waals surface area contributed by atoms with Gasteiger partial charge in [-0.15, -0.1) is 0 Å². The van der Waals surface area contributed by atoms with Gasteiger partial charge in [-0.3, -0.25) is 14.9 Å². The van der Waals surface area contributed by atoms with E-state index in [1.54, 1.807) is 31.2 Å². The van der Waals surface area contributed by atoms with E-state index in [4.69, 9.17) is 25.3 Å². The molecule has 3 aromatic rings. The van der Waals surface area contributed by atoms with E-state index in [1.807, 2.05) is 0 Å². The van der Waals surface area contributed by atoms with Gasteiger partial charge < -0.3 is 35.9 Å². The lowest BCUT2D eigenvalue weighted by molar-refractivity contribution is -0.115. The van der Waals surface area contributed by atoms with Crippen molar-refractivity contribution < 1.29 is 32.7 Å². The van der Waals surface area contributed by atoms with Crippen LogP contribution in [0.4, 0.5) is 27.5 Å². The molecule has 0 saturated heterocycles. The van der Waals surface area contributed by atoms with Crippen LogP contribution in [0.25, 0.3) is 0 Å². The predicted molar refractivity (Wildman–Crippen MR) is 153 cm³/mol. The largest absolute Gasteiger partial charge is 0.464 e. The third kappa shape index (κ3) is 8.50. The Balaban J connectivity index is 2.09. The number of rotatable bonds is 10. The van der Waals surface area contributed by atoms with E-state index < -0.39 is 13.7 Å². The highest BCUT2D eigenvalue weighted by atomic mass is 31.2. The zero-order chi connectivity index (χ0) is 29.3. The average molecular weight is 569 g/mol. The predicted octanol–water partition coefficient (Wildman–Crippen LogP) is 4.05. The van der Waals surface area contributed by atoms with Crippen molar-refractivity contribution in [1.29, 1.82) is 0 Å². The summed E-state index contributed by atoms with van der Waals surface area (Å²) in [6.07, 6.45) is -0.823. The Labute approximate surface area is 230 Å². The van der Waals surface area contributed by atoms with Crippen molar-refractivity contribution in [3.8, 4) is 11.5 Å². The van der Waals surface area contributed by atoms with Crippen LogP contribution in [0.15, 0.2) is 71.7 Å². The Hall–Kier alpha value is -5.03. The molecule has 0 aliphatic carbocycles. The van der Waals surface area contributed by atoms with Gasteiger partial charge in [0.25, 0.3) is 0 Å². The molecule has 3 aromatic carbocycles. The summed E-state index contributed by atoms with van der Waals surface area (Å²) in [5.41, 5.74) is 12.2. The maximum absolute atomic E-state index is 14.5. The second kappa shape index (κ2) is 13.2. The first-order valence-electron chi connectivity index (χ1n) is 11.9. The third-order valence-electron chi connectivity index (χ3n) is 4.85. The van der Waals surface area contributed by atoms with E-state index in [0.29, 0.717) is 11.4 Å². The van der Waals surface area contributed by atoms with Crippen LogP contribution in [0.2, 0.25) is 0 Å². The van der Waals surface area contributed by atoms with Crippen molar-refractivity contribution in [2.24, 2.45) is 16.5 Å². The van der Waals surface area contributed by atoms with E-state index in [-0.39, 0.29) is 52.6 Å². The normalized spacial score (nSPS) is 10.6. The van der Waals surface area contributed by atoms with Crippen molar-refractivity contribution in [2.75, 3.05) is 22.6 Å². The molecule has 40 heavy (non-hydrogen) atoms. The highest BCUT2D eigenvalue weighted by Crippen LogP contribution is 2.50. The van der Waals surface area contributed by atoms with Crippen LogP contribution >= 0.6 is 7.60 Å². The van der Waals surface area contributed by atoms with Gasteiger partial charge in [-0.2, -0.15) is 0 Å². The molecule has 0 atom stereocenters. The van der Waals surface area contributed by atoms with Crippen LogP contribution in [0.5, 0.6) is 11.5 Å². The monoisotopic (exact) mass is 568 g/mol. The fourth-order valence-corrected chi connectivity index (χ4v) is 5.06. The first-order chi connectivity index (χ1) is 19.0. The summed E-state index contributed by atoms with van der Waals surface area (Å²) >= 11 is 0. The number of ether oxygens (including phenoxy) is 1. The number of nitrogens with zero attached hydrogens (tertiary/aromatic N) is 1. The van der Waals surface area contributed by atoms with Crippen LogP contribution in [0, 0.1) is 0 Å². The zero-order valence-corrected chi connectivity index (χ0v) is 22.9. The van der Waals surface area contributed by atoms with E-state index >= 15 is 0 Å². The fourth-order valence-electron chi connectivity index (χ4n) is 3.36. The first kappa shape index (κ1) is 29.5. The summed E-state index contributed by atoms with van der Waals surface area (Å²) in [7, 11) is -4.32. The topological polar surface area (TPSA) is 196 Å². The van der Waals surface area contributed by atoms with Gasteiger partial charge in [0, 0.05) is 25.2 Å². The molecule has 0 saturated carbocycles. The lowest BCUT2D eigenvalue weighted by Crippen LogP contribution is -2.24. The van der Waals surface area contributed by atoms with Crippen molar-refractivity contribution in [3.05, 3.63) is 66.7 Å². The third-order valence-corrected chi connectivity index (χ3v) is 6.73. The summed E-state index contributed by atoms with van der Waals surface area (Å²) in [6.45, 7) is 4.45. The minimum Gasteiger partial charge on any atom is -0.450 e. The molecular formula is C26H29N6O7P. The van der Waals surface area contributed by atoms with Gasteiger partial charge in [0.1, 0.15) is 16.8 Å². The van der Waals surface area contributed by atoms with E-state index in [9.17, 15) is 18.9 Å². The molecule has 3 amide bonds. The molecule has 0 unspecified atom stereocenters. The van der Waals surface area contributed by atoms with Crippen LogP contribution in [0.1, 0.15) is 20.8 Å². The first-order valence-corrected chi connectivity index (χ1v) is 13.4. The summed E-state index contributed by atoms with van der Waals surface area (Å²) < 4.78 is 31.3. The number of carbonyl (C=O) groups excluding carboxylic acids is 3. The van der Waals surface area contributed by atoms with Gasteiger partial charge in [-0.1, -0.05) is 0 Å². The lowest BCUT2D eigenvalue weighted by Gasteiger charge is -2.23. The van der Waals surface area contributed by atoms with E-state index in [1.165, 1.54) is 56.3 Å². The molecule has 0 spiro atoms. The molecule has 210 valence electrons. The number of amides is 3. The Morgan fingerprint density at radius 1 is 0.800 bits per heavy atom. The van der Waals surface area contributed by atoms with Crippen LogP contribution in [-0.2, 0) is 18.9 Å². The molecule has 0 aromatic heterocycles. The fraction of sp³-hybridized carbons (Fsp3) is 0.154. The summed E-state index contributed by atoms with van der Waals surface area (Å²) in [5.74, 6) is -0.476. The molecule has 13 nitrogen and oxygen atoms in total. The average Bonchev–Trinajstić information content (AvgIpc) is 2.86. The minimum atomic E-state index is -4.32.